The molecule has 4 heteroatoms. The molecule has 0 saturated heterocycles. The Morgan fingerprint density at radius 3 is 2.77 bits per heavy atom. The maximum absolute atomic E-state index is 8.56. The van der Waals surface area contributed by atoms with Crippen LogP contribution in [0.1, 0.15) is 44.0 Å². The zero-order chi connectivity index (χ0) is 9.10. The van der Waals surface area contributed by atoms with Crippen LogP contribution in [0.3, 0.4) is 0 Å². The largest absolute Gasteiger partial charge is 0.252 e. The summed E-state index contributed by atoms with van der Waals surface area (Å²) < 4.78 is 1.84. The van der Waals surface area contributed by atoms with Gasteiger partial charge in [0.05, 0.1) is 6.04 Å². The molecule has 2 rings (SSSR count). The van der Waals surface area contributed by atoms with Crippen LogP contribution in [0, 0.1) is 11.3 Å². The second kappa shape index (κ2) is 3.56. The standard InChI is InChI=1S/C9H12N4/c10-6-9-11-7-13(12-9)8-4-2-1-3-5-8/h7-8H,1-5H2. The molecule has 1 fully saturated rings. The van der Waals surface area contributed by atoms with E-state index in [4.69, 9.17) is 5.26 Å². The first-order valence-electron chi connectivity index (χ1n) is 4.71. The molecule has 1 aromatic rings. The zero-order valence-electron chi connectivity index (χ0n) is 7.48. The summed E-state index contributed by atoms with van der Waals surface area (Å²) in [4.78, 5) is 3.90. The number of hydrogen-bond donors (Lipinski definition) is 0. The van der Waals surface area contributed by atoms with Crippen LogP contribution >= 0.6 is 0 Å². The van der Waals surface area contributed by atoms with Crippen LogP contribution in [0.2, 0.25) is 0 Å². The molecule has 0 spiro atoms. The van der Waals surface area contributed by atoms with Crippen LogP contribution in [0.25, 0.3) is 0 Å². The van der Waals surface area contributed by atoms with Crippen molar-refractivity contribution in [2.24, 2.45) is 0 Å². The minimum absolute atomic E-state index is 0.283. The minimum atomic E-state index is 0.283. The van der Waals surface area contributed by atoms with Gasteiger partial charge in [-0.3, -0.25) is 0 Å². The van der Waals surface area contributed by atoms with E-state index < -0.39 is 0 Å². The van der Waals surface area contributed by atoms with E-state index in [2.05, 4.69) is 10.1 Å². The van der Waals surface area contributed by atoms with Crippen LogP contribution in [-0.2, 0) is 0 Å². The van der Waals surface area contributed by atoms with E-state index in [1.54, 1.807) is 6.33 Å². The van der Waals surface area contributed by atoms with Crippen molar-refractivity contribution in [2.45, 2.75) is 38.1 Å². The quantitative estimate of drug-likeness (QED) is 0.653. The van der Waals surface area contributed by atoms with Crippen molar-refractivity contribution in [2.75, 3.05) is 0 Å². The van der Waals surface area contributed by atoms with Gasteiger partial charge in [0.2, 0.25) is 0 Å². The molecule has 0 unspecified atom stereocenters. The van der Waals surface area contributed by atoms with Crippen molar-refractivity contribution in [1.82, 2.24) is 14.8 Å². The molecule has 0 amide bonds. The Balaban J connectivity index is 2.11. The van der Waals surface area contributed by atoms with Gasteiger partial charge in [0.25, 0.3) is 5.82 Å². The van der Waals surface area contributed by atoms with Crippen molar-refractivity contribution >= 4 is 0 Å². The molecule has 1 aromatic heterocycles. The van der Waals surface area contributed by atoms with Gasteiger partial charge >= 0.3 is 0 Å². The van der Waals surface area contributed by atoms with Crippen molar-refractivity contribution in [3.8, 4) is 6.07 Å². The monoisotopic (exact) mass is 176 g/mol. The van der Waals surface area contributed by atoms with E-state index in [1.165, 1.54) is 32.1 Å². The lowest BCUT2D eigenvalue weighted by atomic mass is 9.96. The fourth-order valence-electron chi connectivity index (χ4n) is 1.85. The molecule has 1 aliphatic rings. The topological polar surface area (TPSA) is 54.5 Å². The number of aromatic nitrogens is 3. The summed E-state index contributed by atoms with van der Waals surface area (Å²) in [6.07, 6.45) is 7.89. The average Bonchev–Trinajstić information content (AvgIpc) is 2.67. The molecule has 1 aliphatic carbocycles. The summed E-state index contributed by atoms with van der Waals surface area (Å²) in [5, 5.41) is 12.7. The van der Waals surface area contributed by atoms with Gasteiger partial charge in [-0.2, -0.15) is 5.26 Å². The third kappa shape index (κ3) is 1.69. The van der Waals surface area contributed by atoms with E-state index in [0.29, 0.717) is 6.04 Å². The highest BCUT2D eigenvalue weighted by atomic mass is 15.3. The van der Waals surface area contributed by atoms with Gasteiger partial charge in [0.1, 0.15) is 12.4 Å². The summed E-state index contributed by atoms with van der Waals surface area (Å²) in [5.74, 6) is 0.283. The summed E-state index contributed by atoms with van der Waals surface area (Å²) in [6, 6.07) is 2.42. The first-order valence-corrected chi connectivity index (χ1v) is 4.71. The van der Waals surface area contributed by atoms with E-state index in [1.807, 2.05) is 10.8 Å². The van der Waals surface area contributed by atoms with Crippen molar-refractivity contribution in [3.05, 3.63) is 12.2 Å². The highest BCUT2D eigenvalue weighted by Crippen LogP contribution is 2.26. The highest BCUT2D eigenvalue weighted by molar-refractivity contribution is 5.05. The Morgan fingerprint density at radius 1 is 1.38 bits per heavy atom. The lowest BCUT2D eigenvalue weighted by molar-refractivity contribution is 0.328. The molecular weight excluding hydrogens is 164 g/mol. The predicted octanol–water partition coefficient (Wildman–Crippen LogP) is 1.65. The third-order valence-electron chi connectivity index (χ3n) is 2.56. The molecule has 0 atom stereocenters. The van der Waals surface area contributed by atoms with E-state index in [-0.39, 0.29) is 5.82 Å². The third-order valence-corrected chi connectivity index (χ3v) is 2.56. The lowest BCUT2D eigenvalue weighted by Crippen LogP contribution is -2.13. The van der Waals surface area contributed by atoms with Gasteiger partial charge in [-0.15, -0.1) is 5.10 Å². The number of hydrogen-bond acceptors (Lipinski definition) is 3. The summed E-state index contributed by atoms with van der Waals surface area (Å²) in [5.41, 5.74) is 0. The molecular formula is C9H12N4. The second-order valence-corrected chi connectivity index (χ2v) is 3.45. The Kier molecular flexibility index (Phi) is 2.26. The van der Waals surface area contributed by atoms with E-state index >= 15 is 0 Å². The molecule has 1 heterocycles. The molecule has 0 aromatic carbocycles. The van der Waals surface area contributed by atoms with Crippen molar-refractivity contribution < 1.29 is 0 Å². The number of nitrogens with zero attached hydrogens (tertiary/aromatic N) is 4. The highest BCUT2D eigenvalue weighted by Gasteiger charge is 2.16. The maximum Gasteiger partial charge on any atom is 0.252 e. The van der Waals surface area contributed by atoms with Gasteiger partial charge in [-0.25, -0.2) is 9.67 Å². The van der Waals surface area contributed by atoms with Crippen LogP contribution in [0.4, 0.5) is 0 Å². The Bertz CT molecular complexity index is 317. The first-order chi connectivity index (χ1) is 6.40. The van der Waals surface area contributed by atoms with Crippen LogP contribution in [0.5, 0.6) is 0 Å². The first kappa shape index (κ1) is 8.24. The minimum Gasteiger partial charge on any atom is -0.249 e. The summed E-state index contributed by atoms with van der Waals surface area (Å²) in [6.45, 7) is 0. The van der Waals surface area contributed by atoms with Crippen LogP contribution in [-0.4, -0.2) is 14.8 Å². The number of nitriles is 1. The molecule has 1 saturated carbocycles. The average molecular weight is 176 g/mol. The lowest BCUT2D eigenvalue weighted by Gasteiger charge is -2.20. The molecule has 0 N–H and O–H groups in total. The fourth-order valence-corrected chi connectivity index (χ4v) is 1.85. The van der Waals surface area contributed by atoms with Crippen LogP contribution < -0.4 is 0 Å². The Labute approximate surface area is 77.2 Å². The number of rotatable bonds is 1. The molecule has 4 nitrogen and oxygen atoms in total. The molecule has 0 aliphatic heterocycles. The molecule has 13 heavy (non-hydrogen) atoms. The second-order valence-electron chi connectivity index (χ2n) is 3.45. The van der Waals surface area contributed by atoms with Gasteiger partial charge < -0.3 is 0 Å². The fraction of sp³-hybridized carbons (Fsp3) is 0.667. The molecule has 0 bridgehead atoms. The molecule has 0 radical (unpaired) electrons. The SMILES string of the molecule is N#Cc1ncn(C2CCCCC2)n1. The normalized spacial score (nSPS) is 18.4. The van der Waals surface area contributed by atoms with Gasteiger partial charge in [-0.05, 0) is 12.8 Å². The van der Waals surface area contributed by atoms with Gasteiger partial charge in [0.15, 0.2) is 0 Å². The van der Waals surface area contributed by atoms with Crippen molar-refractivity contribution in [3.63, 3.8) is 0 Å². The predicted molar refractivity (Wildman–Crippen MR) is 46.9 cm³/mol. The van der Waals surface area contributed by atoms with E-state index in [0.717, 1.165) is 0 Å². The van der Waals surface area contributed by atoms with Crippen molar-refractivity contribution in [1.29, 1.82) is 5.26 Å². The Morgan fingerprint density at radius 2 is 2.15 bits per heavy atom. The summed E-state index contributed by atoms with van der Waals surface area (Å²) in [7, 11) is 0. The summed E-state index contributed by atoms with van der Waals surface area (Å²) >= 11 is 0. The maximum atomic E-state index is 8.56. The molecule has 68 valence electrons. The van der Waals surface area contributed by atoms with Crippen LogP contribution in [0.15, 0.2) is 6.33 Å². The van der Waals surface area contributed by atoms with E-state index in [9.17, 15) is 0 Å². The zero-order valence-corrected chi connectivity index (χ0v) is 7.48. The Hall–Kier alpha value is -1.37. The van der Waals surface area contributed by atoms with Gasteiger partial charge in [0, 0.05) is 0 Å². The van der Waals surface area contributed by atoms with Gasteiger partial charge in [-0.1, -0.05) is 19.3 Å². The smallest absolute Gasteiger partial charge is 0.249 e.